The Morgan fingerprint density at radius 1 is 1.16 bits per heavy atom. The van der Waals surface area contributed by atoms with E-state index in [1.165, 1.54) is 18.7 Å². The average Bonchev–Trinajstić information content (AvgIpc) is 2.78. The second-order valence-corrected chi connectivity index (χ2v) is 6.50. The fraction of sp³-hybridized carbons (Fsp3) is 0.273. The number of anilines is 1. The molecule has 2 amide bonds. The van der Waals surface area contributed by atoms with Gasteiger partial charge in [-0.3, -0.25) is 15.3 Å². The number of aliphatic hydroxyl groups excluding tert-OH is 1. The van der Waals surface area contributed by atoms with E-state index in [2.05, 4.69) is 5.32 Å². The van der Waals surface area contributed by atoms with Gasteiger partial charge < -0.3 is 19.3 Å². The van der Waals surface area contributed by atoms with Crippen molar-refractivity contribution in [2.45, 2.75) is 19.1 Å². The van der Waals surface area contributed by atoms with Crippen molar-refractivity contribution in [3.63, 3.8) is 0 Å². The highest BCUT2D eigenvalue weighted by Gasteiger charge is 2.26. The van der Waals surface area contributed by atoms with Crippen molar-refractivity contribution < 1.29 is 34.1 Å². The molecular formula is C22H26N2O7. The van der Waals surface area contributed by atoms with Gasteiger partial charge in [0.1, 0.15) is 18.5 Å². The SMILES string of the molecule is CO[C@@H](/C=C/C(=O)NO)[C@@H](OC(=O)Nc1ccc(C)cc1)c1cccc(OCCO)c1. The second kappa shape index (κ2) is 12.3. The Bertz CT molecular complexity index is 884. The second-order valence-electron chi connectivity index (χ2n) is 6.50. The number of carbonyl (C=O) groups is 2. The van der Waals surface area contributed by atoms with Crippen molar-refractivity contribution in [2.24, 2.45) is 0 Å². The predicted molar refractivity (Wildman–Crippen MR) is 113 cm³/mol. The van der Waals surface area contributed by atoms with Crippen LogP contribution in [0.1, 0.15) is 17.2 Å². The van der Waals surface area contributed by atoms with Crippen molar-refractivity contribution in [2.75, 3.05) is 25.6 Å². The summed E-state index contributed by atoms with van der Waals surface area (Å²) in [5.74, 6) is -0.295. The predicted octanol–water partition coefficient (Wildman–Crippen LogP) is 2.73. The summed E-state index contributed by atoms with van der Waals surface area (Å²) in [4.78, 5) is 23.9. The maximum absolute atomic E-state index is 12.6. The molecule has 0 unspecified atom stereocenters. The molecule has 9 nitrogen and oxygen atoms in total. The number of methoxy groups -OCH3 is 1. The fourth-order valence-electron chi connectivity index (χ4n) is 2.69. The number of benzene rings is 2. The summed E-state index contributed by atoms with van der Waals surface area (Å²) >= 11 is 0. The minimum atomic E-state index is -0.948. The highest BCUT2D eigenvalue weighted by molar-refractivity contribution is 5.86. The number of nitrogens with one attached hydrogen (secondary N) is 2. The van der Waals surface area contributed by atoms with Crippen LogP contribution in [0.25, 0.3) is 0 Å². The van der Waals surface area contributed by atoms with Gasteiger partial charge in [-0.1, -0.05) is 29.8 Å². The van der Waals surface area contributed by atoms with E-state index in [0.717, 1.165) is 11.6 Å². The first kappa shape index (κ1) is 23.9. The van der Waals surface area contributed by atoms with E-state index in [1.54, 1.807) is 36.4 Å². The Labute approximate surface area is 180 Å². The third-order valence-corrected chi connectivity index (χ3v) is 4.20. The van der Waals surface area contributed by atoms with E-state index < -0.39 is 24.2 Å². The van der Waals surface area contributed by atoms with E-state index in [1.807, 2.05) is 19.1 Å². The average molecular weight is 430 g/mol. The first-order valence-corrected chi connectivity index (χ1v) is 9.49. The van der Waals surface area contributed by atoms with Crippen LogP contribution in [-0.2, 0) is 14.3 Å². The van der Waals surface area contributed by atoms with Gasteiger partial charge in [0.25, 0.3) is 5.91 Å². The molecule has 0 fully saturated rings. The molecule has 2 atom stereocenters. The Morgan fingerprint density at radius 3 is 2.55 bits per heavy atom. The van der Waals surface area contributed by atoms with Gasteiger partial charge in [0, 0.05) is 18.9 Å². The first-order valence-electron chi connectivity index (χ1n) is 9.49. The van der Waals surface area contributed by atoms with Crippen LogP contribution in [0.3, 0.4) is 0 Å². The van der Waals surface area contributed by atoms with Crippen LogP contribution < -0.4 is 15.5 Å². The third kappa shape index (κ3) is 7.74. The smallest absolute Gasteiger partial charge is 0.412 e. The van der Waals surface area contributed by atoms with Crippen LogP contribution in [0.5, 0.6) is 5.75 Å². The molecule has 166 valence electrons. The summed E-state index contributed by atoms with van der Waals surface area (Å²) in [6.07, 6.45) is -0.104. The number of hydrogen-bond acceptors (Lipinski definition) is 7. The van der Waals surface area contributed by atoms with Gasteiger partial charge in [0.2, 0.25) is 0 Å². The van der Waals surface area contributed by atoms with Gasteiger partial charge in [0.15, 0.2) is 6.10 Å². The number of aliphatic hydroxyl groups is 1. The molecule has 2 aromatic carbocycles. The zero-order chi connectivity index (χ0) is 22.6. The molecule has 2 rings (SSSR count). The molecule has 31 heavy (non-hydrogen) atoms. The molecule has 0 aliphatic rings. The lowest BCUT2D eigenvalue weighted by atomic mass is 10.0. The normalized spacial score (nSPS) is 12.8. The lowest BCUT2D eigenvalue weighted by Gasteiger charge is -2.25. The van der Waals surface area contributed by atoms with Crippen LogP contribution in [0.2, 0.25) is 0 Å². The molecule has 9 heteroatoms. The molecule has 0 radical (unpaired) electrons. The molecule has 0 saturated carbocycles. The number of amides is 2. The van der Waals surface area contributed by atoms with Gasteiger partial charge in [-0.15, -0.1) is 0 Å². The largest absolute Gasteiger partial charge is 0.491 e. The molecule has 0 heterocycles. The van der Waals surface area contributed by atoms with Crippen LogP contribution in [0.4, 0.5) is 10.5 Å². The van der Waals surface area contributed by atoms with Gasteiger partial charge in [-0.2, -0.15) is 0 Å². The van der Waals surface area contributed by atoms with E-state index in [4.69, 9.17) is 24.5 Å². The van der Waals surface area contributed by atoms with Crippen LogP contribution in [0.15, 0.2) is 60.7 Å². The number of rotatable bonds is 10. The van der Waals surface area contributed by atoms with Crippen molar-refractivity contribution in [3.05, 3.63) is 71.8 Å². The van der Waals surface area contributed by atoms with Crippen molar-refractivity contribution in [1.82, 2.24) is 5.48 Å². The number of carbonyl (C=O) groups excluding carboxylic acids is 2. The summed E-state index contributed by atoms with van der Waals surface area (Å²) < 4.78 is 16.5. The fourth-order valence-corrected chi connectivity index (χ4v) is 2.69. The van der Waals surface area contributed by atoms with Gasteiger partial charge >= 0.3 is 6.09 Å². The molecular weight excluding hydrogens is 404 g/mol. The van der Waals surface area contributed by atoms with Gasteiger partial charge in [-0.05, 0) is 42.8 Å². The first-order chi connectivity index (χ1) is 15.0. The van der Waals surface area contributed by atoms with Gasteiger partial charge in [0.05, 0.1) is 6.61 Å². The maximum Gasteiger partial charge on any atom is 0.412 e. The third-order valence-electron chi connectivity index (χ3n) is 4.20. The zero-order valence-corrected chi connectivity index (χ0v) is 17.3. The molecule has 0 aromatic heterocycles. The minimum absolute atomic E-state index is 0.104. The van der Waals surface area contributed by atoms with Crippen molar-refractivity contribution in [3.8, 4) is 5.75 Å². The van der Waals surface area contributed by atoms with Crippen LogP contribution in [0, 0.1) is 6.92 Å². The zero-order valence-electron chi connectivity index (χ0n) is 17.3. The lowest BCUT2D eigenvalue weighted by molar-refractivity contribution is -0.124. The molecule has 4 N–H and O–H groups in total. The molecule has 0 saturated heterocycles. The minimum Gasteiger partial charge on any atom is -0.491 e. The Kier molecular flexibility index (Phi) is 9.50. The van der Waals surface area contributed by atoms with Crippen molar-refractivity contribution >= 4 is 17.7 Å². The van der Waals surface area contributed by atoms with Crippen LogP contribution in [-0.4, -0.2) is 48.7 Å². The molecule has 0 spiro atoms. The van der Waals surface area contributed by atoms with E-state index in [9.17, 15) is 9.59 Å². The standard InChI is InChI=1S/C22H26N2O7/c1-15-6-8-17(9-7-15)23-22(27)31-21(19(29-2)10-11-20(26)24-28)16-4-3-5-18(14-16)30-13-12-25/h3-11,14,19,21,25,28H,12-13H2,1-2H3,(H,23,27)(H,24,26)/b11-10+/t19-,21-/m0/s1. The molecule has 0 bridgehead atoms. The summed E-state index contributed by atoms with van der Waals surface area (Å²) in [6, 6.07) is 13.9. The molecule has 0 aliphatic carbocycles. The summed E-state index contributed by atoms with van der Waals surface area (Å²) in [5, 5.41) is 20.3. The summed E-state index contributed by atoms with van der Waals surface area (Å²) in [7, 11) is 1.40. The number of hydrogen-bond donors (Lipinski definition) is 4. The highest BCUT2D eigenvalue weighted by atomic mass is 16.6. The Hall–Kier alpha value is -3.40. The van der Waals surface area contributed by atoms with Gasteiger partial charge in [-0.25, -0.2) is 10.3 Å². The van der Waals surface area contributed by atoms with E-state index >= 15 is 0 Å². The topological polar surface area (TPSA) is 126 Å². The quantitative estimate of drug-likeness (QED) is 0.259. The monoisotopic (exact) mass is 430 g/mol. The number of hydroxylamine groups is 1. The highest BCUT2D eigenvalue weighted by Crippen LogP contribution is 2.28. The lowest BCUT2D eigenvalue weighted by Crippen LogP contribution is -2.27. The Morgan fingerprint density at radius 2 is 1.90 bits per heavy atom. The van der Waals surface area contributed by atoms with E-state index in [0.29, 0.717) is 17.0 Å². The maximum atomic E-state index is 12.6. The summed E-state index contributed by atoms with van der Waals surface area (Å²) in [5.41, 5.74) is 3.62. The van der Waals surface area contributed by atoms with Crippen LogP contribution >= 0.6 is 0 Å². The number of ether oxygens (including phenoxy) is 3. The Balaban J connectivity index is 2.27. The molecule has 2 aromatic rings. The summed E-state index contributed by atoms with van der Waals surface area (Å²) in [6.45, 7) is 1.89. The van der Waals surface area contributed by atoms with Crippen molar-refractivity contribution in [1.29, 1.82) is 0 Å². The number of aryl methyl sites for hydroxylation is 1. The molecule has 0 aliphatic heterocycles. The van der Waals surface area contributed by atoms with E-state index in [-0.39, 0.29) is 13.2 Å².